The normalized spacial score (nSPS) is 12.4. The summed E-state index contributed by atoms with van der Waals surface area (Å²) in [6.07, 6.45) is 3.25. The van der Waals surface area contributed by atoms with E-state index in [1.165, 1.54) is 16.7 Å². The summed E-state index contributed by atoms with van der Waals surface area (Å²) < 4.78 is 0. The third kappa shape index (κ3) is 5.18. The summed E-state index contributed by atoms with van der Waals surface area (Å²) in [5.41, 5.74) is 4.07. The Hall–Kier alpha value is -1.08. The first-order valence-corrected chi connectivity index (χ1v) is 6.61. The van der Waals surface area contributed by atoms with Gasteiger partial charge in [0.05, 0.1) is 0 Å². The van der Waals surface area contributed by atoms with Crippen LogP contribution in [-0.2, 0) is 6.42 Å². The van der Waals surface area contributed by atoms with Crippen LogP contribution in [0.2, 0.25) is 0 Å². The lowest BCUT2D eigenvalue weighted by Gasteiger charge is -2.19. The molecule has 0 spiro atoms. The number of benzene rings is 1. The summed E-state index contributed by atoms with van der Waals surface area (Å²) in [5.74, 6) is 0. The highest BCUT2D eigenvalue weighted by Crippen LogP contribution is 2.13. The van der Waals surface area contributed by atoms with E-state index < -0.39 is 0 Å². The summed E-state index contributed by atoms with van der Waals surface area (Å²) in [5, 5.41) is 3.55. The molecule has 0 saturated heterocycles. The van der Waals surface area contributed by atoms with E-state index in [-0.39, 0.29) is 0 Å². The molecule has 0 aliphatic rings. The van der Waals surface area contributed by atoms with E-state index in [1.807, 2.05) is 0 Å². The van der Waals surface area contributed by atoms with E-state index >= 15 is 0 Å². The lowest BCUT2D eigenvalue weighted by Crippen LogP contribution is -2.31. The topological polar surface area (TPSA) is 12.0 Å². The second kappa shape index (κ2) is 7.29. The molecule has 0 aromatic heterocycles. The van der Waals surface area contributed by atoms with E-state index in [1.54, 1.807) is 0 Å². The van der Waals surface area contributed by atoms with Gasteiger partial charge in [-0.15, -0.1) is 0 Å². The zero-order chi connectivity index (χ0) is 12.7. The molecule has 0 heterocycles. The molecule has 94 valence electrons. The Morgan fingerprint density at radius 2 is 1.88 bits per heavy atom. The van der Waals surface area contributed by atoms with Crippen molar-refractivity contribution < 1.29 is 0 Å². The minimum Gasteiger partial charge on any atom is -0.314 e. The van der Waals surface area contributed by atoms with E-state index in [0.717, 1.165) is 25.8 Å². The van der Waals surface area contributed by atoms with Crippen LogP contribution in [0.4, 0.5) is 0 Å². The van der Waals surface area contributed by atoms with Crippen molar-refractivity contribution in [2.75, 3.05) is 6.54 Å². The average Bonchev–Trinajstić information content (AvgIpc) is 2.32. The van der Waals surface area contributed by atoms with Crippen molar-refractivity contribution in [2.24, 2.45) is 0 Å². The predicted molar refractivity (Wildman–Crippen MR) is 76.4 cm³/mol. The number of hydrogen-bond donors (Lipinski definition) is 1. The maximum Gasteiger partial charge on any atom is 0.0144 e. The number of likely N-dealkylation sites (N-methyl/N-ethyl adjacent to an activating group) is 1. The summed E-state index contributed by atoms with van der Waals surface area (Å²) in [6.45, 7) is 11.6. The Balaban J connectivity index is 2.59. The molecule has 1 atom stereocenters. The second-order valence-electron chi connectivity index (χ2n) is 4.75. The summed E-state index contributed by atoms with van der Waals surface area (Å²) in [7, 11) is 0. The average molecular weight is 231 g/mol. The number of hydrogen-bond acceptors (Lipinski definition) is 1. The van der Waals surface area contributed by atoms with Gasteiger partial charge in [-0.3, -0.25) is 0 Å². The molecular formula is C16H25N. The molecule has 0 fully saturated rings. The van der Waals surface area contributed by atoms with Gasteiger partial charge in [0.1, 0.15) is 0 Å². The van der Waals surface area contributed by atoms with Crippen molar-refractivity contribution in [3.05, 3.63) is 47.5 Å². The van der Waals surface area contributed by atoms with Gasteiger partial charge in [-0.1, -0.05) is 55.8 Å². The van der Waals surface area contributed by atoms with Crippen LogP contribution < -0.4 is 5.32 Å². The van der Waals surface area contributed by atoms with Gasteiger partial charge >= 0.3 is 0 Å². The molecule has 1 heteroatoms. The second-order valence-corrected chi connectivity index (χ2v) is 4.75. The minimum atomic E-state index is 0.523. The fraction of sp³-hybridized carbons (Fsp3) is 0.500. The summed E-state index contributed by atoms with van der Waals surface area (Å²) in [4.78, 5) is 0. The smallest absolute Gasteiger partial charge is 0.0144 e. The molecular weight excluding hydrogens is 206 g/mol. The van der Waals surface area contributed by atoms with Gasteiger partial charge in [-0.05, 0) is 38.3 Å². The Labute approximate surface area is 106 Å². The fourth-order valence-corrected chi connectivity index (χ4v) is 2.01. The SMILES string of the molecule is C=C(CC)CC(Cc1ccc(C)cc1)NCC. The zero-order valence-electron chi connectivity index (χ0n) is 11.4. The molecule has 0 amide bonds. The first-order chi connectivity index (χ1) is 8.15. The number of nitrogens with one attached hydrogen (secondary N) is 1. The number of rotatable bonds is 7. The van der Waals surface area contributed by atoms with Crippen molar-refractivity contribution in [1.82, 2.24) is 5.32 Å². The van der Waals surface area contributed by atoms with Crippen molar-refractivity contribution in [3.8, 4) is 0 Å². The van der Waals surface area contributed by atoms with Crippen molar-refractivity contribution in [3.63, 3.8) is 0 Å². The molecule has 0 aliphatic heterocycles. The van der Waals surface area contributed by atoms with Crippen LogP contribution in [0.1, 0.15) is 37.8 Å². The number of aryl methyl sites for hydroxylation is 1. The summed E-state index contributed by atoms with van der Waals surface area (Å²) >= 11 is 0. The van der Waals surface area contributed by atoms with Gasteiger partial charge in [0.15, 0.2) is 0 Å². The molecule has 1 aromatic carbocycles. The molecule has 0 aliphatic carbocycles. The monoisotopic (exact) mass is 231 g/mol. The Morgan fingerprint density at radius 1 is 1.24 bits per heavy atom. The van der Waals surface area contributed by atoms with Crippen LogP contribution in [0.25, 0.3) is 0 Å². The molecule has 1 nitrogen and oxygen atoms in total. The van der Waals surface area contributed by atoms with Gasteiger partial charge in [0.25, 0.3) is 0 Å². The first-order valence-electron chi connectivity index (χ1n) is 6.61. The molecule has 1 rings (SSSR count). The quantitative estimate of drug-likeness (QED) is 0.702. The molecule has 17 heavy (non-hydrogen) atoms. The van der Waals surface area contributed by atoms with Crippen LogP contribution in [0, 0.1) is 6.92 Å². The molecule has 0 saturated carbocycles. The van der Waals surface area contributed by atoms with E-state index in [4.69, 9.17) is 0 Å². The van der Waals surface area contributed by atoms with Crippen molar-refractivity contribution >= 4 is 0 Å². The maximum absolute atomic E-state index is 4.11. The molecule has 0 radical (unpaired) electrons. The van der Waals surface area contributed by atoms with Crippen LogP contribution >= 0.6 is 0 Å². The van der Waals surface area contributed by atoms with E-state index in [2.05, 4.69) is 56.9 Å². The van der Waals surface area contributed by atoms with Crippen molar-refractivity contribution in [2.45, 2.75) is 46.1 Å². The van der Waals surface area contributed by atoms with Gasteiger partial charge in [-0.25, -0.2) is 0 Å². The Kier molecular flexibility index (Phi) is 5.99. The third-order valence-electron chi connectivity index (χ3n) is 3.13. The Morgan fingerprint density at radius 3 is 2.41 bits per heavy atom. The lowest BCUT2D eigenvalue weighted by atomic mass is 9.98. The fourth-order valence-electron chi connectivity index (χ4n) is 2.01. The third-order valence-corrected chi connectivity index (χ3v) is 3.13. The standard InChI is InChI=1S/C16H25N/c1-5-13(3)11-16(17-6-2)12-15-9-7-14(4)8-10-15/h7-10,16-17H,3,5-6,11-12H2,1-2,4H3. The zero-order valence-corrected chi connectivity index (χ0v) is 11.4. The Bertz CT molecular complexity index is 337. The first kappa shape index (κ1) is 14.0. The predicted octanol–water partition coefficient (Wildman–Crippen LogP) is 3.87. The largest absolute Gasteiger partial charge is 0.314 e. The van der Waals surface area contributed by atoms with E-state index in [0.29, 0.717) is 6.04 Å². The maximum atomic E-state index is 4.11. The van der Waals surface area contributed by atoms with Crippen LogP contribution in [-0.4, -0.2) is 12.6 Å². The highest BCUT2D eigenvalue weighted by atomic mass is 14.9. The van der Waals surface area contributed by atoms with Crippen LogP contribution in [0.15, 0.2) is 36.4 Å². The highest BCUT2D eigenvalue weighted by molar-refractivity contribution is 5.22. The summed E-state index contributed by atoms with van der Waals surface area (Å²) in [6, 6.07) is 9.36. The van der Waals surface area contributed by atoms with E-state index in [9.17, 15) is 0 Å². The molecule has 0 bridgehead atoms. The molecule has 1 aromatic rings. The lowest BCUT2D eigenvalue weighted by molar-refractivity contribution is 0.516. The van der Waals surface area contributed by atoms with Gasteiger partial charge in [0, 0.05) is 6.04 Å². The van der Waals surface area contributed by atoms with Crippen molar-refractivity contribution in [1.29, 1.82) is 0 Å². The molecule has 1 N–H and O–H groups in total. The van der Waals surface area contributed by atoms with Crippen LogP contribution in [0.5, 0.6) is 0 Å². The molecule has 1 unspecified atom stereocenters. The highest BCUT2D eigenvalue weighted by Gasteiger charge is 2.09. The van der Waals surface area contributed by atoms with Gasteiger partial charge in [0.2, 0.25) is 0 Å². The van der Waals surface area contributed by atoms with Crippen LogP contribution in [0.3, 0.4) is 0 Å². The van der Waals surface area contributed by atoms with Gasteiger partial charge in [-0.2, -0.15) is 0 Å². The minimum absolute atomic E-state index is 0.523. The van der Waals surface area contributed by atoms with Gasteiger partial charge < -0.3 is 5.32 Å².